The predicted molar refractivity (Wildman–Crippen MR) is 62.8 cm³/mol. The lowest BCUT2D eigenvalue weighted by Gasteiger charge is -2.03. The quantitative estimate of drug-likeness (QED) is 0.766. The Kier molecular flexibility index (Phi) is 2.74. The maximum absolute atomic E-state index is 8.71. The summed E-state index contributed by atoms with van der Waals surface area (Å²) in [5.74, 6) is 0. The van der Waals surface area contributed by atoms with Crippen LogP contribution in [0.25, 0.3) is 11.3 Å². The van der Waals surface area contributed by atoms with Gasteiger partial charge >= 0.3 is 0 Å². The molecule has 0 atom stereocenters. The molecule has 3 nitrogen and oxygen atoms in total. The number of hydrogen-bond acceptors (Lipinski definition) is 2. The smallest absolute Gasteiger partial charge is 0.0991 e. The molecule has 3 heteroatoms. The lowest BCUT2D eigenvalue weighted by Crippen LogP contribution is -1.95. The zero-order chi connectivity index (χ0) is 11.5. The molecule has 0 saturated heterocycles. The van der Waals surface area contributed by atoms with Crippen molar-refractivity contribution in [2.45, 2.75) is 19.9 Å². The number of nitriles is 1. The first-order chi connectivity index (χ1) is 7.70. The Morgan fingerprint density at radius 2 is 1.94 bits per heavy atom. The number of imidazole rings is 1. The molecule has 1 heterocycles. The van der Waals surface area contributed by atoms with E-state index in [9.17, 15) is 0 Å². The molecule has 1 aromatic carbocycles. The van der Waals surface area contributed by atoms with E-state index in [1.807, 2.05) is 36.8 Å². The van der Waals surface area contributed by atoms with E-state index in [2.05, 4.69) is 29.5 Å². The summed E-state index contributed by atoms with van der Waals surface area (Å²) in [5, 5.41) is 8.71. The average Bonchev–Trinajstić information content (AvgIpc) is 2.78. The Morgan fingerprint density at radius 1 is 1.25 bits per heavy atom. The van der Waals surface area contributed by atoms with Gasteiger partial charge in [-0.25, -0.2) is 4.98 Å². The van der Waals surface area contributed by atoms with Crippen LogP contribution in [0.1, 0.15) is 25.5 Å². The zero-order valence-electron chi connectivity index (χ0n) is 9.38. The van der Waals surface area contributed by atoms with Crippen LogP contribution in [0.3, 0.4) is 0 Å². The van der Waals surface area contributed by atoms with E-state index in [-0.39, 0.29) is 0 Å². The molecule has 0 unspecified atom stereocenters. The summed E-state index contributed by atoms with van der Waals surface area (Å²) in [6.07, 6.45) is 3.85. The lowest BCUT2D eigenvalue weighted by atomic mass is 10.1. The molecule has 0 bridgehead atoms. The summed E-state index contributed by atoms with van der Waals surface area (Å²) >= 11 is 0. The topological polar surface area (TPSA) is 41.6 Å². The van der Waals surface area contributed by atoms with Crippen molar-refractivity contribution < 1.29 is 0 Å². The normalized spacial score (nSPS) is 10.4. The van der Waals surface area contributed by atoms with Crippen molar-refractivity contribution in [1.29, 1.82) is 5.26 Å². The van der Waals surface area contributed by atoms with Crippen molar-refractivity contribution in [3.63, 3.8) is 0 Å². The second-order valence-electron chi connectivity index (χ2n) is 3.99. The SMILES string of the molecule is CC(C)n1cnc(-c2ccc(C#N)cc2)c1. The molecule has 2 rings (SSSR count). The van der Waals surface area contributed by atoms with Gasteiger partial charge in [0.05, 0.1) is 23.7 Å². The van der Waals surface area contributed by atoms with Crippen molar-refractivity contribution in [2.75, 3.05) is 0 Å². The number of rotatable bonds is 2. The molecule has 0 amide bonds. The van der Waals surface area contributed by atoms with Gasteiger partial charge in [-0.05, 0) is 26.0 Å². The van der Waals surface area contributed by atoms with Crippen LogP contribution >= 0.6 is 0 Å². The summed E-state index contributed by atoms with van der Waals surface area (Å²) in [6.45, 7) is 4.23. The van der Waals surface area contributed by atoms with E-state index < -0.39 is 0 Å². The minimum Gasteiger partial charge on any atom is -0.334 e. The highest BCUT2D eigenvalue weighted by atomic mass is 15.0. The summed E-state index contributed by atoms with van der Waals surface area (Å²) in [4.78, 5) is 4.34. The van der Waals surface area contributed by atoms with Crippen LogP contribution in [0.15, 0.2) is 36.8 Å². The van der Waals surface area contributed by atoms with Crippen LogP contribution in [0.4, 0.5) is 0 Å². The van der Waals surface area contributed by atoms with Gasteiger partial charge in [-0.15, -0.1) is 0 Å². The van der Waals surface area contributed by atoms with Crippen LogP contribution in [0.2, 0.25) is 0 Å². The van der Waals surface area contributed by atoms with Crippen molar-refractivity contribution in [1.82, 2.24) is 9.55 Å². The van der Waals surface area contributed by atoms with Crippen LogP contribution in [-0.4, -0.2) is 9.55 Å². The van der Waals surface area contributed by atoms with Crippen LogP contribution in [0, 0.1) is 11.3 Å². The first-order valence-corrected chi connectivity index (χ1v) is 5.24. The number of aromatic nitrogens is 2. The maximum Gasteiger partial charge on any atom is 0.0991 e. The monoisotopic (exact) mass is 211 g/mol. The molecular formula is C13H13N3. The minimum atomic E-state index is 0.416. The second-order valence-corrected chi connectivity index (χ2v) is 3.99. The molecule has 0 spiro atoms. The van der Waals surface area contributed by atoms with Crippen LogP contribution in [0.5, 0.6) is 0 Å². The van der Waals surface area contributed by atoms with Crippen molar-refractivity contribution in [3.05, 3.63) is 42.4 Å². The summed E-state index contributed by atoms with van der Waals surface area (Å²) < 4.78 is 2.06. The van der Waals surface area contributed by atoms with Gasteiger partial charge in [0, 0.05) is 17.8 Å². The van der Waals surface area contributed by atoms with E-state index in [1.54, 1.807) is 0 Å². The van der Waals surface area contributed by atoms with Crippen LogP contribution in [-0.2, 0) is 0 Å². The molecule has 80 valence electrons. The van der Waals surface area contributed by atoms with E-state index in [0.29, 0.717) is 11.6 Å². The molecular weight excluding hydrogens is 198 g/mol. The fraction of sp³-hybridized carbons (Fsp3) is 0.231. The Balaban J connectivity index is 2.32. The number of nitrogens with zero attached hydrogens (tertiary/aromatic N) is 3. The summed E-state index contributed by atoms with van der Waals surface area (Å²) in [5.41, 5.74) is 2.66. The lowest BCUT2D eigenvalue weighted by molar-refractivity contribution is 0.600. The first-order valence-electron chi connectivity index (χ1n) is 5.24. The van der Waals surface area contributed by atoms with Gasteiger partial charge in [0.2, 0.25) is 0 Å². The Bertz CT molecular complexity index is 515. The molecule has 0 saturated carbocycles. The van der Waals surface area contributed by atoms with Crippen molar-refractivity contribution in [3.8, 4) is 17.3 Å². The Morgan fingerprint density at radius 3 is 2.44 bits per heavy atom. The highest BCUT2D eigenvalue weighted by Gasteiger charge is 2.03. The molecule has 0 N–H and O–H groups in total. The highest BCUT2D eigenvalue weighted by Crippen LogP contribution is 2.18. The molecule has 0 aliphatic carbocycles. The molecule has 1 aromatic heterocycles. The number of hydrogen-bond donors (Lipinski definition) is 0. The largest absolute Gasteiger partial charge is 0.334 e. The molecule has 2 aromatic rings. The fourth-order valence-electron chi connectivity index (χ4n) is 1.48. The Hall–Kier alpha value is -2.08. The first kappa shape index (κ1) is 10.4. The van der Waals surface area contributed by atoms with E-state index in [0.717, 1.165) is 11.3 Å². The molecule has 0 fully saturated rings. The van der Waals surface area contributed by atoms with E-state index in [1.165, 1.54) is 0 Å². The van der Waals surface area contributed by atoms with Crippen molar-refractivity contribution >= 4 is 0 Å². The van der Waals surface area contributed by atoms with Gasteiger partial charge in [-0.2, -0.15) is 5.26 Å². The molecule has 0 aliphatic rings. The van der Waals surface area contributed by atoms with Crippen molar-refractivity contribution in [2.24, 2.45) is 0 Å². The third-order valence-corrected chi connectivity index (χ3v) is 2.51. The molecule has 0 radical (unpaired) electrons. The average molecular weight is 211 g/mol. The highest BCUT2D eigenvalue weighted by molar-refractivity contribution is 5.59. The number of benzene rings is 1. The van der Waals surface area contributed by atoms with E-state index >= 15 is 0 Å². The standard InChI is InChI=1S/C13H13N3/c1-10(2)16-8-13(15-9-16)12-5-3-11(7-14)4-6-12/h3-6,8-10H,1-2H3. The van der Waals surface area contributed by atoms with Gasteiger partial charge in [0.25, 0.3) is 0 Å². The molecule has 0 aliphatic heterocycles. The van der Waals surface area contributed by atoms with Gasteiger partial charge in [0.15, 0.2) is 0 Å². The van der Waals surface area contributed by atoms with Crippen LogP contribution < -0.4 is 0 Å². The van der Waals surface area contributed by atoms with Gasteiger partial charge in [-0.1, -0.05) is 12.1 Å². The fourth-order valence-corrected chi connectivity index (χ4v) is 1.48. The minimum absolute atomic E-state index is 0.416. The van der Waals surface area contributed by atoms with Gasteiger partial charge < -0.3 is 4.57 Å². The zero-order valence-corrected chi connectivity index (χ0v) is 9.38. The predicted octanol–water partition coefficient (Wildman–Crippen LogP) is 3.00. The summed E-state index contributed by atoms with van der Waals surface area (Å²) in [6, 6.07) is 9.98. The van der Waals surface area contributed by atoms with E-state index in [4.69, 9.17) is 5.26 Å². The third kappa shape index (κ3) is 1.96. The maximum atomic E-state index is 8.71. The van der Waals surface area contributed by atoms with Gasteiger partial charge in [0.1, 0.15) is 0 Å². The second kappa shape index (κ2) is 4.19. The Labute approximate surface area is 95.0 Å². The van der Waals surface area contributed by atoms with Gasteiger partial charge in [-0.3, -0.25) is 0 Å². The summed E-state index contributed by atoms with van der Waals surface area (Å²) in [7, 11) is 0. The third-order valence-electron chi connectivity index (χ3n) is 2.51. The molecule has 16 heavy (non-hydrogen) atoms.